The Hall–Kier alpha value is -3.29. The van der Waals surface area contributed by atoms with Gasteiger partial charge in [0, 0.05) is 33.4 Å². The fourth-order valence-corrected chi connectivity index (χ4v) is 3.87. The van der Waals surface area contributed by atoms with Crippen LogP contribution in [0.4, 0.5) is 16.2 Å². The zero-order valence-electron chi connectivity index (χ0n) is 16.8. The average molecular weight is 394 g/mol. The highest BCUT2D eigenvalue weighted by Crippen LogP contribution is 2.32. The minimum atomic E-state index is -0.297. The van der Waals surface area contributed by atoms with Crippen molar-refractivity contribution in [1.29, 1.82) is 0 Å². The van der Waals surface area contributed by atoms with Gasteiger partial charge >= 0.3 is 11.7 Å². The molecule has 2 amide bonds. The summed E-state index contributed by atoms with van der Waals surface area (Å²) in [6, 6.07) is 9.20. The summed E-state index contributed by atoms with van der Waals surface area (Å²) in [5.74, 6) is 0. The Bertz CT molecular complexity index is 1080. The molecule has 0 aliphatic carbocycles. The molecule has 2 N–H and O–H groups in total. The summed E-state index contributed by atoms with van der Waals surface area (Å²) in [5.41, 5.74) is 4.02. The molecule has 3 aromatic rings. The lowest BCUT2D eigenvalue weighted by Gasteiger charge is -2.30. The van der Waals surface area contributed by atoms with Crippen molar-refractivity contribution >= 4 is 28.4 Å². The molecule has 1 aromatic carbocycles. The number of nitrogens with zero attached hydrogens (tertiary/aromatic N) is 4. The Labute approximate surface area is 169 Å². The van der Waals surface area contributed by atoms with Gasteiger partial charge in [0.1, 0.15) is 0 Å². The second kappa shape index (κ2) is 7.98. The van der Waals surface area contributed by atoms with E-state index in [2.05, 4.69) is 20.5 Å². The summed E-state index contributed by atoms with van der Waals surface area (Å²) >= 11 is 0. The number of amides is 2. The van der Waals surface area contributed by atoms with Crippen LogP contribution in [0, 0.1) is 0 Å². The van der Waals surface area contributed by atoms with Gasteiger partial charge in [-0.05, 0) is 43.5 Å². The first kappa shape index (κ1) is 19.0. The van der Waals surface area contributed by atoms with Gasteiger partial charge in [-0.25, -0.2) is 9.59 Å². The maximum atomic E-state index is 12.6. The number of anilines is 2. The van der Waals surface area contributed by atoms with Crippen LogP contribution in [-0.2, 0) is 20.6 Å². The van der Waals surface area contributed by atoms with Crippen LogP contribution in [0.3, 0.4) is 0 Å². The van der Waals surface area contributed by atoms with Crippen molar-refractivity contribution in [3.05, 3.63) is 52.7 Å². The van der Waals surface area contributed by atoms with Gasteiger partial charge in [-0.1, -0.05) is 6.07 Å². The van der Waals surface area contributed by atoms with Gasteiger partial charge in [0.15, 0.2) is 0 Å². The van der Waals surface area contributed by atoms with E-state index in [9.17, 15) is 9.59 Å². The number of benzene rings is 1. The fourth-order valence-electron chi connectivity index (χ4n) is 3.87. The van der Waals surface area contributed by atoms with E-state index in [0.29, 0.717) is 12.2 Å². The number of hydrogen-bond donors (Lipinski definition) is 2. The summed E-state index contributed by atoms with van der Waals surface area (Å²) in [6.07, 6.45) is 5.16. The number of imidazole rings is 1. The van der Waals surface area contributed by atoms with Crippen LogP contribution < -0.4 is 21.2 Å². The van der Waals surface area contributed by atoms with E-state index in [1.54, 1.807) is 29.4 Å². The maximum absolute atomic E-state index is 12.6. The van der Waals surface area contributed by atoms with Gasteiger partial charge in [0.05, 0.1) is 34.6 Å². The second-order valence-corrected chi connectivity index (χ2v) is 7.44. The Morgan fingerprint density at radius 3 is 2.48 bits per heavy atom. The highest BCUT2D eigenvalue weighted by Gasteiger charge is 2.19. The van der Waals surface area contributed by atoms with Crippen LogP contribution in [0.15, 0.2) is 41.3 Å². The lowest BCUT2D eigenvalue weighted by atomic mass is 10.1. The van der Waals surface area contributed by atoms with Gasteiger partial charge in [-0.3, -0.25) is 14.1 Å². The summed E-state index contributed by atoms with van der Waals surface area (Å²) in [6.45, 7) is 2.23. The zero-order valence-corrected chi connectivity index (χ0v) is 16.8. The van der Waals surface area contributed by atoms with Crippen molar-refractivity contribution in [2.45, 2.75) is 25.8 Å². The summed E-state index contributed by atoms with van der Waals surface area (Å²) < 4.78 is 3.25. The number of aromatic nitrogens is 3. The summed E-state index contributed by atoms with van der Waals surface area (Å²) in [5, 5.41) is 5.83. The third-order valence-electron chi connectivity index (χ3n) is 5.49. The number of carbonyl (C=O) groups excluding carboxylic acids is 1. The summed E-state index contributed by atoms with van der Waals surface area (Å²) in [7, 11) is 3.52. The maximum Gasteiger partial charge on any atom is 0.328 e. The highest BCUT2D eigenvalue weighted by molar-refractivity contribution is 5.98. The molecule has 2 aromatic heterocycles. The van der Waals surface area contributed by atoms with Gasteiger partial charge in [-0.15, -0.1) is 0 Å². The Morgan fingerprint density at radius 2 is 1.79 bits per heavy atom. The van der Waals surface area contributed by atoms with E-state index in [1.807, 2.05) is 30.3 Å². The molecule has 0 saturated carbocycles. The van der Waals surface area contributed by atoms with Crippen LogP contribution in [0.1, 0.15) is 25.0 Å². The molecule has 152 valence electrons. The largest absolute Gasteiger partial charge is 0.370 e. The number of aryl methyl sites for hydroxylation is 2. The van der Waals surface area contributed by atoms with Crippen LogP contribution in [0.2, 0.25) is 0 Å². The standard InChI is InChI=1S/C21H26N6O2/c1-25-18-12-16(24-20(28)23-14-15-8-4-5-9-22-15)17(27-10-6-3-7-11-27)13-19(18)26(2)21(25)29/h4-5,8-9,12-13H,3,6-7,10-11,14H2,1-2H3,(H2,23,24,28). The van der Waals surface area contributed by atoms with E-state index < -0.39 is 0 Å². The van der Waals surface area contributed by atoms with Crippen molar-refractivity contribution in [3.8, 4) is 0 Å². The topological polar surface area (TPSA) is 84.2 Å². The number of fused-ring (bicyclic) bond motifs is 1. The van der Waals surface area contributed by atoms with Crippen molar-refractivity contribution < 1.29 is 4.79 Å². The molecule has 0 unspecified atom stereocenters. The molecule has 1 fully saturated rings. The molecule has 0 spiro atoms. The van der Waals surface area contributed by atoms with E-state index in [-0.39, 0.29) is 11.7 Å². The summed E-state index contributed by atoms with van der Waals surface area (Å²) in [4.78, 5) is 31.5. The number of urea groups is 1. The first-order valence-corrected chi connectivity index (χ1v) is 9.94. The molecule has 1 aliphatic rings. The molecule has 1 aliphatic heterocycles. The molecule has 0 bridgehead atoms. The van der Waals surface area contributed by atoms with Gasteiger partial charge in [0.25, 0.3) is 0 Å². The van der Waals surface area contributed by atoms with E-state index in [0.717, 1.165) is 48.3 Å². The number of hydrogen-bond acceptors (Lipinski definition) is 4. The molecule has 1 saturated heterocycles. The predicted molar refractivity (Wildman–Crippen MR) is 114 cm³/mol. The molecule has 0 radical (unpaired) electrons. The number of carbonyl (C=O) groups is 1. The second-order valence-electron chi connectivity index (χ2n) is 7.44. The molecular formula is C21H26N6O2. The number of nitrogens with one attached hydrogen (secondary N) is 2. The minimum Gasteiger partial charge on any atom is -0.370 e. The molecule has 0 atom stereocenters. The van der Waals surface area contributed by atoms with Crippen molar-refractivity contribution in [2.75, 3.05) is 23.3 Å². The van der Waals surface area contributed by atoms with Gasteiger partial charge in [-0.2, -0.15) is 0 Å². The van der Waals surface area contributed by atoms with Crippen molar-refractivity contribution in [3.63, 3.8) is 0 Å². The number of pyridine rings is 1. The monoisotopic (exact) mass is 394 g/mol. The zero-order chi connectivity index (χ0) is 20.4. The first-order chi connectivity index (χ1) is 14.0. The van der Waals surface area contributed by atoms with Crippen LogP contribution in [0.5, 0.6) is 0 Å². The molecule has 3 heterocycles. The normalized spacial score (nSPS) is 14.2. The van der Waals surface area contributed by atoms with Crippen molar-refractivity contribution in [1.82, 2.24) is 19.4 Å². The smallest absolute Gasteiger partial charge is 0.328 e. The fraction of sp³-hybridized carbons (Fsp3) is 0.381. The molecular weight excluding hydrogens is 368 g/mol. The van der Waals surface area contributed by atoms with Gasteiger partial charge < -0.3 is 15.5 Å². The molecule has 29 heavy (non-hydrogen) atoms. The third-order valence-corrected chi connectivity index (χ3v) is 5.49. The molecule has 8 nitrogen and oxygen atoms in total. The predicted octanol–water partition coefficient (Wildman–Crippen LogP) is 2.58. The van der Waals surface area contributed by atoms with E-state index in [1.165, 1.54) is 6.42 Å². The van der Waals surface area contributed by atoms with Crippen LogP contribution >= 0.6 is 0 Å². The van der Waals surface area contributed by atoms with Crippen LogP contribution in [0.25, 0.3) is 11.0 Å². The Morgan fingerprint density at radius 1 is 1.07 bits per heavy atom. The molecule has 4 rings (SSSR count). The quantitative estimate of drug-likeness (QED) is 0.712. The highest BCUT2D eigenvalue weighted by atomic mass is 16.2. The van der Waals surface area contributed by atoms with Crippen molar-refractivity contribution in [2.24, 2.45) is 14.1 Å². The molecule has 8 heteroatoms. The Kier molecular flexibility index (Phi) is 5.24. The lowest BCUT2D eigenvalue weighted by Crippen LogP contribution is -2.32. The van der Waals surface area contributed by atoms with E-state index >= 15 is 0 Å². The number of piperidine rings is 1. The lowest BCUT2D eigenvalue weighted by molar-refractivity contribution is 0.251. The Balaban J connectivity index is 1.64. The average Bonchev–Trinajstić information content (AvgIpc) is 2.97. The first-order valence-electron chi connectivity index (χ1n) is 9.94. The third kappa shape index (κ3) is 3.83. The SMILES string of the molecule is Cn1c(=O)n(C)c2cc(N3CCCCC3)c(NC(=O)NCc3ccccn3)cc21. The minimum absolute atomic E-state index is 0.0821. The van der Waals surface area contributed by atoms with Gasteiger partial charge in [0.2, 0.25) is 0 Å². The van der Waals surface area contributed by atoms with Crippen LogP contribution in [-0.4, -0.2) is 33.2 Å². The number of rotatable bonds is 4. The van der Waals surface area contributed by atoms with E-state index in [4.69, 9.17) is 0 Å².